The summed E-state index contributed by atoms with van der Waals surface area (Å²) in [6, 6.07) is 8.85. The lowest BCUT2D eigenvalue weighted by atomic mass is 9.95. The molecule has 0 N–H and O–H groups in total. The van der Waals surface area contributed by atoms with Crippen LogP contribution in [0, 0.1) is 25.6 Å². The molecule has 2 saturated heterocycles. The Morgan fingerprint density at radius 2 is 1.94 bits per heavy atom. The zero-order chi connectivity index (χ0) is 21.8. The molecule has 31 heavy (non-hydrogen) atoms. The normalized spacial score (nSPS) is 20.3. The van der Waals surface area contributed by atoms with Crippen molar-refractivity contribution in [2.75, 3.05) is 32.8 Å². The molecule has 2 aliphatic rings. The summed E-state index contributed by atoms with van der Waals surface area (Å²) in [6.45, 7) is 8.37. The van der Waals surface area contributed by atoms with Gasteiger partial charge in [0.25, 0.3) is 5.91 Å². The number of halogens is 1. The summed E-state index contributed by atoms with van der Waals surface area (Å²) in [7, 11) is 0. The maximum atomic E-state index is 14.0. The van der Waals surface area contributed by atoms with Gasteiger partial charge in [0.15, 0.2) is 0 Å². The van der Waals surface area contributed by atoms with Crippen LogP contribution in [0.15, 0.2) is 34.7 Å². The van der Waals surface area contributed by atoms with Crippen molar-refractivity contribution in [1.29, 1.82) is 0 Å². The smallest absolute Gasteiger partial charge is 0.257 e. The second-order valence-corrected chi connectivity index (χ2v) is 8.98. The summed E-state index contributed by atoms with van der Waals surface area (Å²) in [6.07, 6.45) is 4.21. The number of nitrogens with zero attached hydrogens (tertiary/aromatic N) is 2. The molecule has 1 atom stereocenters. The number of carbonyl (C=O) groups is 1. The van der Waals surface area contributed by atoms with Crippen molar-refractivity contribution in [1.82, 2.24) is 9.80 Å². The van der Waals surface area contributed by atoms with Crippen LogP contribution < -0.4 is 0 Å². The molecule has 1 aromatic carbocycles. The molecule has 5 nitrogen and oxygen atoms in total. The van der Waals surface area contributed by atoms with Gasteiger partial charge in [-0.1, -0.05) is 18.2 Å². The van der Waals surface area contributed by atoms with E-state index < -0.39 is 0 Å². The maximum absolute atomic E-state index is 14.0. The van der Waals surface area contributed by atoms with Crippen LogP contribution in [0.1, 0.15) is 53.1 Å². The van der Waals surface area contributed by atoms with E-state index in [1.54, 1.807) is 6.07 Å². The monoisotopic (exact) mass is 428 g/mol. The third-order valence-corrected chi connectivity index (χ3v) is 6.54. The fourth-order valence-corrected chi connectivity index (χ4v) is 4.79. The van der Waals surface area contributed by atoms with Gasteiger partial charge in [0.05, 0.1) is 11.7 Å². The van der Waals surface area contributed by atoms with Crippen LogP contribution in [0.2, 0.25) is 0 Å². The third-order valence-electron chi connectivity index (χ3n) is 6.54. The molecule has 0 spiro atoms. The lowest BCUT2D eigenvalue weighted by Crippen LogP contribution is -2.43. The third kappa shape index (κ3) is 5.55. The first kappa shape index (κ1) is 22.0. The van der Waals surface area contributed by atoms with E-state index in [2.05, 4.69) is 4.90 Å². The van der Waals surface area contributed by atoms with Crippen LogP contribution in [0.25, 0.3) is 0 Å². The molecule has 1 unspecified atom stereocenters. The summed E-state index contributed by atoms with van der Waals surface area (Å²) < 4.78 is 25.4. The Bertz CT molecular complexity index is 883. The van der Waals surface area contributed by atoms with Crippen molar-refractivity contribution in [2.24, 2.45) is 5.92 Å². The van der Waals surface area contributed by atoms with Gasteiger partial charge in [0.2, 0.25) is 0 Å². The standard InChI is InChI=1S/C25H33FN2O3/c1-18-14-23(19(2)31-18)25(29)28(17-22-7-5-13-30-22)15-20-9-11-27(12-10-20)16-21-6-3-4-8-24(21)26/h3-4,6,8,14,20,22H,5,7,9-13,15-17H2,1-2H3. The van der Waals surface area contributed by atoms with E-state index in [-0.39, 0.29) is 17.8 Å². The van der Waals surface area contributed by atoms with Gasteiger partial charge < -0.3 is 14.1 Å². The number of hydrogen-bond donors (Lipinski definition) is 0. The Morgan fingerprint density at radius 1 is 1.16 bits per heavy atom. The van der Waals surface area contributed by atoms with Gasteiger partial charge in [0.1, 0.15) is 17.3 Å². The second kappa shape index (κ2) is 9.96. The van der Waals surface area contributed by atoms with Gasteiger partial charge >= 0.3 is 0 Å². The molecule has 168 valence electrons. The molecular weight excluding hydrogens is 395 g/mol. The minimum absolute atomic E-state index is 0.0404. The number of furan rings is 1. The number of carbonyl (C=O) groups excluding carboxylic acids is 1. The van der Waals surface area contributed by atoms with Crippen LogP contribution in [0.3, 0.4) is 0 Å². The molecule has 6 heteroatoms. The molecule has 0 saturated carbocycles. The van der Waals surface area contributed by atoms with E-state index in [1.807, 2.05) is 36.9 Å². The van der Waals surface area contributed by atoms with E-state index in [9.17, 15) is 9.18 Å². The number of amides is 1. The van der Waals surface area contributed by atoms with Gasteiger partial charge in [0, 0.05) is 31.8 Å². The van der Waals surface area contributed by atoms with Crippen molar-refractivity contribution in [3.63, 3.8) is 0 Å². The molecule has 1 amide bonds. The molecule has 2 aromatic rings. The van der Waals surface area contributed by atoms with E-state index in [4.69, 9.17) is 9.15 Å². The highest BCUT2D eigenvalue weighted by Gasteiger charge is 2.29. The van der Waals surface area contributed by atoms with Crippen LogP contribution >= 0.6 is 0 Å². The van der Waals surface area contributed by atoms with Crippen LogP contribution in [0.4, 0.5) is 4.39 Å². The van der Waals surface area contributed by atoms with E-state index in [0.29, 0.717) is 30.3 Å². The topological polar surface area (TPSA) is 45.9 Å². The summed E-state index contributed by atoms with van der Waals surface area (Å²) >= 11 is 0. The molecule has 0 bridgehead atoms. The van der Waals surface area contributed by atoms with Crippen LogP contribution in [-0.2, 0) is 11.3 Å². The molecule has 2 fully saturated rings. The highest BCUT2D eigenvalue weighted by atomic mass is 19.1. The Balaban J connectivity index is 1.37. The quantitative estimate of drug-likeness (QED) is 0.648. The predicted octanol–water partition coefficient (Wildman–Crippen LogP) is 4.57. The molecule has 4 rings (SSSR count). The Morgan fingerprint density at radius 3 is 2.58 bits per heavy atom. The Kier molecular flexibility index (Phi) is 7.08. The highest BCUT2D eigenvalue weighted by Crippen LogP contribution is 2.24. The lowest BCUT2D eigenvalue weighted by molar-refractivity contribution is 0.0443. The van der Waals surface area contributed by atoms with Gasteiger partial charge in [-0.2, -0.15) is 0 Å². The number of rotatable bonds is 7. The number of likely N-dealkylation sites (tertiary alicyclic amines) is 1. The first-order chi connectivity index (χ1) is 15.0. The number of ether oxygens (including phenoxy) is 1. The fraction of sp³-hybridized carbons (Fsp3) is 0.560. The van der Waals surface area contributed by atoms with Gasteiger partial charge in [-0.05, 0) is 70.7 Å². The number of piperidine rings is 1. The van der Waals surface area contributed by atoms with E-state index in [0.717, 1.165) is 63.2 Å². The van der Waals surface area contributed by atoms with Gasteiger partial charge in [-0.3, -0.25) is 9.69 Å². The molecule has 0 aliphatic carbocycles. The number of benzene rings is 1. The minimum Gasteiger partial charge on any atom is -0.466 e. The van der Waals surface area contributed by atoms with Crippen LogP contribution in [-0.4, -0.2) is 54.6 Å². The molecule has 3 heterocycles. The van der Waals surface area contributed by atoms with Crippen molar-refractivity contribution in [3.05, 3.63) is 58.8 Å². The zero-order valence-corrected chi connectivity index (χ0v) is 18.6. The van der Waals surface area contributed by atoms with Crippen molar-refractivity contribution < 1.29 is 18.3 Å². The number of aryl methyl sites for hydroxylation is 2. The lowest BCUT2D eigenvalue weighted by Gasteiger charge is -2.35. The Labute approximate surface area is 184 Å². The van der Waals surface area contributed by atoms with Crippen molar-refractivity contribution in [2.45, 2.75) is 52.2 Å². The Hall–Kier alpha value is -2.18. The summed E-state index contributed by atoms with van der Waals surface area (Å²) in [5, 5.41) is 0. The maximum Gasteiger partial charge on any atom is 0.257 e. The van der Waals surface area contributed by atoms with E-state index in [1.165, 1.54) is 6.07 Å². The van der Waals surface area contributed by atoms with Gasteiger partial charge in [-0.15, -0.1) is 0 Å². The summed E-state index contributed by atoms with van der Waals surface area (Å²) in [4.78, 5) is 17.6. The molecule has 1 aromatic heterocycles. The average molecular weight is 429 g/mol. The zero-order valence-electron chi connectivity index (χ0n) is 18.6. The summed E-state index contributed by atoms with van der Waals surface area (Å²) in [5.74, 6) is 1.79. The SMILES string of the molecule is Cc1cc(C(=O)N(CC2CCN(Cc3ccccc3F)CC2)CC2CCCO2)c(C)o1. The fourth-order valence-electron chi connectivity index (χ4n) is 4.79. The molecule has 0 radical (unpaired) electrons. The second-order valence-electron chi connectivity index (χ2n) is 8.98. The van der Waals surface area contributed by atoms with Crippen molar-refractivity contribution >= 4 is 5.91 Å². The first-order valence-corrected chi connectivity index (χ1v) is 11.4. The van der Waals surface area contributed by atoms with Crippen LogP contribution in [0.5, 0.6) is 0 Å². The van der Waals surface area contributed by atoms with E-state index >= 15 is 0 Å². The van der Waals surface area contributed by atoms with Crippen molar-refractivity contribution in [3.8, 4) is 0 Å². The largest absolute Gasteiger partial charge is 0.466 e. The first-order valence-electron chi connectivity index (χ1n) is 11.4. The number of hydrogen-bond acceptors (Lipinski definition) is 4. The molecule has 2 aliphatic heterocycles. The summed E-state index contributed by atoms with van der Waals surface area (Å²) in [5.41, 5.74) is 1.41. The molecular formula is C25H33FN2O3. The average Bonchev–Trinajstić information content (AvgIpc) is 3.39. The highest BCUT2D eigenvalue weighted by molar-refractivity contribution is 5.95. The van der Waals surface area contributed by atoms with Gasteiger partial charge in [-0.25, -0.2) is 4.39 Å². The predicted molar refractivity (Wildman–Crippen MR) is 117 cm³/mol. The minimum atomic E-state index is -0.135.